The van der Waals surface area contributed by atoms with Gasteiger partial charge in [0.2, 0.25) is 0 Å². The van der Waals surface area contributed by atoms with Gasteiger partial charge in [0, 0.05) is 19.2 Å². The second-order valence-corrected chi connectivity index (χ2v) is 3.67. The number of hydrogen-bond acceptors (Lipinski definition) is 3. The molecule has 1 aromatic carbocycles. The minimum absolute atomic E-state index is 0.279. The maximum Gasteiger partial charge on any atom is 0.149 e. The molecule has 0 unspecified atom stereocenters. The Hall–Kier alpha value is -1.29. The molecule has 0 amide bonds. The Morgan fingerprint density at radius 3 is 2.75 bits per heavy atom. The molecule has 0 aliphatic carbocycles. The molecule has 0 bridgehead atoms. The van der Waals surface area contributed by atoms with Gasteiger partial charge in [-0.2, -0.15) is 0 Å². The molecule has 0 saturated carbocycles. The third-order valence-electron chi connectivity index (χ3n) is 2.53. The fourth-order valence-corrected chi connectivity index (χ4v) is 1.31. The van der Waals surface area contributed by atoms with E-state index in [1.54, 1.807) is 12.1 Å². The summed E-state index contributed by atoms with van der Waals surface area (Å²) < 4.78 is 18.4. The Labute approximate surface area is 96.2 Å². The van der Waals surface area contributed by atoms with E-state index < -0.39 is 0 Å². The largest absolute Gasteiger partial charge is 0.497 e. The number of halogens is 1. The number of ether oxygens (including phenoxy) is 1. The van der Waals surface area contributed by atoms with Gasteiger partial charge in [-0.05, 0) is 25.7 Å². The monoisotopic (exact) mass is 226 g/mol. The first-order chi connectivity index (χ1) is 7.67. The summed E-state index contributed by atoms with van der Waals surface area (Å²) in [6, 6.07) is 4.82. The molecule has 0 heterocycles. The minimum Gasteiger partial charge on any atom is -0.497 e. The highest BCUT2D eigenvalue weighted by Crippen LogP contribution is 2.19. The molecular formula is C12H19FN2O. The second kappa shape index (κ2) is 6.33. The van der Waals surface area contributed by atoms with Gasteiger partial charge in [-0.25, -0.2) is 4.39 Å². The molecule has 3 nitrogen and oxygen atoms in total. The van der Waals surface area contributed by atoms with Crippen LogP contribution in [0.25, 0.3) is 0 Å². The first-order valence-corrected chi connectivity index (χ1v) is 5.43. The smallest absolute Gasteiger partial charge is 0.149 e. The van der Waals surface area contributed by atoms with E-state index in [1.807, 2.05) is 7.05 Å². The predicted molar refractivity (Wildman–Crippen MR) is 64.6 cm³/mol. The van der Waals surface area contributed by atoms with Crippen molar-refractivity contribution in [2.24, 2.45) is 0 Å². The highest BCUT2D eigenvalue weighted by Gasteiger charge is 2.03. The van der Waals surface area contributed by atoms with Crippen LogP contribution in [0.5, 0.6) is 5.75 Å². The lowest BCUT2D eigenvalue weighted by molar-refractivity contribution is 0.367. The van der Waals surface area contributed by atoms with Crippen LogP contribution in [0.3, 0.4) is 0 Å². The summed E-state index contributed by atoms with van der Waals surface area (Å²) in [4.78, 5) is 2.16. The summed E-state index contributed by atoms with van der Waals surface area (Å²) in [7, 11) is 3.56. The van der Waals surface area contributed by atoms with Crippen molar-refractivity contribution in [1.82, 2.24) is 4.90 Å². The molecule has 4 heteroatoms. The van der Waals surface area contributed by atoms with Crippen LogP contribution < -0.4 is 10.1 Å². The van der Waals surface area contributed by atoms with Gasteiger partial charge in [0.25, 0.3) is 0 Å². The molecule has 1 rings (SSSR count). The van der Waals surface area contributed by atoms with Gasteiger partial charge in [-0.3, -0.25) is 0 Å². The Kier molecular flexibility index (Phi) is 5.05. The first-order valence-electron chi connectivity index (χ1n) is 5.43. The van der Waals surface area contributed by atoms with E-state index in [0.717, 1.165) is 19.6 Å². The zero-order chi connectivity index (χ0) is 12.0. The van der Waals surface area contributed by atoms with E-state index in [0.29, 0.717) is 11.4 Å². The maximum atomic E-state index is 13.5. The Morgan fingerprint density at radius 1 is 1.44 bits per heavy atom. The van der Waals surface area contributed by atoms with E-state index >= 15 is 0 Å². The highest BCUT2D eigenvalue weighted by molar-refractivity contribution is 5.47. The van der Waals surface area contributed by atoms with Crippen LogP contribution in [0.4, 0.5) is 10.1 Å². The lowest BCUT2D eigenvalue weighted by Crippen LogP contribution is -2.24. The van der Waals surface area contributed by atoms with E-state index in [9.17, 15) is 4.39 Å². The van der Waals surface area contributed by atoms with Crippen molar-refractivity contribution in [2.75, 3.05) is 39.1 Å². The van der Waals surface area contributed by atoms with Crippen LogP contribution in [0.15, 0.2) is 18.2 Å². The van der Waals surface area contributed by atoms with Gasteiger partial charge in [0.05, 0.1) is 12.8 Å². The van der Waals surface area contributed by atoms with Crippen LogP contribution in [0.1, 0.15) is 6.92 Å². The fraction of sp³-hybridized carbons (Fsp3) is 0.500. The lowest BCUT2D eigenvalue weighted by atomic mass is 10.3. The maximum absolute atomic E-state index is 13.5. The summed E-state index contributed by atoms with van der Waals surface area (Å²) >= 11 is 0. The van der Waals surface area contributed by atoms with Crippen LogP contribution in [-0.2, 0) is 0 Å². The van der Waals surface area contributed by atoms with E-state index in [1.165, 1.54) is 13.2 Å². The first kappa shape index (κ1) is 12.8. The molecule has 0 radical (unpaired) electrons. The van der Waals surface area contributed by atoms with Gasteiger partial charge >= 0.3 is 0 Å². The fourth-order valence-electron chi connectivity index (χ4n) is 1.31. The molecule has 1 aromatic rings. The van der Waals surface area contributed by atoms with Crippen LogP contribution >= 0.6 is 0 Å². The topological polar surface area (TPSA) is 24.5 Å². The zero-order valence-electron chi connectivity index (χ0n) is 10.1. The summed E-state index contributed by atoms with van der Waals surface area (Å²) in [6.07, 6.45) is 0. The molecule has 0 aliphatic rings. The third-order valence-corrected chi connectivity index (χ3v) is 2.53. The number of methoxy groups -OCH3 is 1. The number of rotatable bonds is 6. The molecule has 0 saturated heterocycles. The van der Waals surface area contributed by atoms with Crippen molar-refractivity contribution in [2.45, 2.75) is 6.92 Å². The van der Waals surface area contributed by atoms with Crippen molar-refractivity contribution < 1.29 is 9.13 Å². The summed E-state index contributed by atoms with van der Waals surface area (Å²) in [5.41, 5.74) is 0.519. The van der Waals surface area contributed by atoms with Crippen molar-refractivity contribution >= 4 is 5.69 Å². The molecule has 0 atom stereocenters. The van der Waals surface area contributed by atoms with Crippen molar-refractivity contribution in [3.8, 4) is 5.75 Å². The van der Waals surface area contributed by atoms with Crippen molar-refractivity contribution in [1.29, 1.82) is 0 Å². The average Bonchev–Trinajstić information content (AvgIpc) is 2.30. The highest BCUT2D eigenvalue weighted by atomic mass is 19.1. The average molecular weight is 226 g/mol. The molecule has 90 valence electrons. The lowest BCUT2D eigenvalue weighted by Gasteiger charge is -2.15. The number of likely N-dealkylation sites (N-methyl/N-ethyl adjacent to an activating group) is 1. The van der Waals surface area contributed by atoms with Gasteiger partial charge < -0.3 is 15.0 Å². The number of anilines is 1. The molecule has 0 aliphatic heterocycles. The van der Waals surface area contributed by atoms with E-state index in [-0.39, 0.29) is 5.82 Å². The van der Waals surface area contributed by atoms with E-state index in [4.69, 9.17) is 4.74 Å². The zero-order valence-corrected chi connectivity index (χ0v) is 10.1. The molecule has 0 aromatic heterocycles. The number of nitrogens with one attached hydrogen (secondary N) is 1. The van der Waals surface area contributed by atoms with Gasteiger partial charge in [0.1, 0.15) is 11.6 Å². The Bertz CT molecular complexity index is 331. The van der Waals surface area contributed by atoms with Gasteiger partial charge in [-0.1, -0.05) is 6.92 Å². The van der Waals surface area contributed by atoms with Crippen molar-refractivity contribution in [3.63, 3.8) is 0 Å². The summed E-state index contributed by atoms with van der Waals surface area (Å²) in [6.45, 7) is 4.70. The Balaban J connectivity index is 2.48. The van der Waals surface area contributed by atoms with Gasteiger partial charge in [-0.15, -0.1) is 0 Å². The molecule has 1 N–H and O–H groups in total. The standard InChI is InChI=1S/C12H19FN2O/c1-4-15(2)8-7-14-12-6-5-10(16-3)9-11(12)13/h5-6,9,14H,4,7-8H2,1-3H3. The second-order valence-electron chi connectivity index (χ2n) is 3.67. The third kappa shape index (κ3) is 3.70. The van der Waals surface area contributed by atoms with Crippen LogP contribution in [0, 0.1) is 5.82 Å². The number of hydrogen-bond donors (Lipinski definition) is 1. The minimum atomic E-state index is -0.279. The van der Waals surface area contributed by atoms with Crippen LogP contribution in [-0.4, -0.2) is 38.7 Å². The van der Waals surface area contributed by atoms with Crippen LogP contribution in [0.2, 0.25) is 0 Å². The molecule has 16 heavy (non-hydrogen) atoms. The normalized spacial score (nSPS) is 10.6. The van der Waals surface area contributed by atoms with Crippen molar-refractivity contribution in [3.05, 3.63) is 24.0 Å². The molecule has 0 spiro atoms. The quantitative estimate of drug-likeness (QED) is 0.804. The molecule has 0 fully saturated rings. The molecular weight excluding hydrogens is 207 g/mol. The predicted octanol–water partition coefficient (Wildman–Crippen LogP) is 2.20. The summed E-state index contributed by atoms with van der Waals surface area (Å²) in [5.74, 6) is 0.257. The number of nitrogens with zero attached hydrogens (tertiary/aromatic N) is 1. The Morgan fingerprint density at radius 2 is 2.19 bits per heavy atom. The SMILES string of the molecule is CCN(C)CCNc1ccc(OC)cc1F. The van der Waals surface area contributed by atoms with Gasteiger partial charge in [0.15, 0.2) is 0 Å². The number of benzene rings is 1. The van der Waals surface area contributed by atoms with E-state index in [2.05, 4.69) is 17.1 Å². The summed E-state index contributed by atoms with van der Waals surface area (Å²) in [5, 5.41) is 3.06.